The molecule has 0 bridgehead atoms. The molecule has 1 saturated heterocycles. The zero-order chi connectivity index (χ0) is 15.9. The van der Waals surface area contributed by atoms with Gasteiger partial charge in [0, 0.05) is 11.9 Å². The van der Waals surface area contributed by atoms with E-state index in [1.165, 1.54) is 38.8 Å². The fraction of sp³-hybridized carbons (Fsp3) is 0.474. The molecule has 0 aliphatic carbocycles. The molecule has 1 aliphatic rings. The Morgan fingerprint density at radius 2 is 1.83 bits per heavy atom. The summed E-state index contributed by atoms with van der Waals surface area (Å²) in [6.45, 7) is 4.20. The Kier molecular flexibility index (Phi) is 5.59. The van der Waals surface area contributed by atoms with Gasteiger partial charge in [-0.15, -0.1) is 0 Å². The molecule has 1 fully saturated rings. The van der Waals surface area contributed by atoms with E-state index < -0.39 is 0 Å². The second kappa shape index (κ2) is 8.06. The lowest BCUT2D eigenvalue weighted by molar-refractivity contribution is 0.0947. The standard InChI is InChI=1S/C19H25N3O/c23-19(18-11-10-16-8-3-4-9-17(16)21-18)20-12-7-15-22-13-5-1-2-6-14-22/h3-4,8-11H,1-2,5-7,12-15H2,(H,20,23). The average Bonchev–Trinajstić information content (AvgIpc) is 2.87. The van der Waals surface area contributed by atoms with E-state index >= 15 is 0 Å². The van der Waals surface area contributed by atoms with Gasteiger partial charge in [-0.2, -0.15) is 0 Å². The Balaban J connectivity index is 1.46. The van der Waals surface area contributed by atoms with Crippen LogP contribution in [0.5, 0.6) is 0 Å². The number of nitrogens with zero attached hydrogens (tertiary/aromatic N) is 2. The van der Waals surface area contributed by atoms with Gasteiger partial charge in [-0.25, -0.2) is 4.98 Å². The quantitative estimate of drug-likeness (QED) is 0.862. The smallest absolute Gasteiger partial charge is 0.269 e. The van der Waals surface area contributed by atoms with Gasteiger partial charge in [0.1, 0.15) is 5.69 Å². The molecule has 122 valence electrons. The number of rotatable bonds is 5. The fourth-order valence-corrected chi connectivity index (χ4v) is 3.15. The summed E-state index contributed by atoms with van der Waals surface area (Å²) in [5.41, 5.74) is 1.36. The van der Waals surface area contributed by atoms with Crippen LogP contribution in [0.2, 0.25) is 0 Å². The molecule has 4 heteroatoms. The summed E-state index contributed by atoms with van der Waals surface area (Å²) >= 11 is 0. The summed E-state index contributed by atoms with van der Waals surface area (Å²) in [6, 6.07) is 11.6. The minimum absolute atomic E-state index is 0.0772. The van der Waals surface area contributed by atoms with E-state index in [0.717, 1.165) is 23.9 Å². The Morgan fingerprint density at radius 3 is 2.65 bits per heavy atom. The van der Waals surface area contributed by atoms with Crippen molar-refractivity contribution in [2.75, 3.05) is 26.2 Å². The second-order valence-corrected chi connectivity index (χ2v) is 6.25. The van der Waals surface area contributed by atoms with E-state index in [9.17, 15) is 4.79 Å². The van der Waals surface area contributed by atoms with Crippen molar-refractivity contribution in [3.63, 3.8) is 0 Å². The van der Waals surface area contributed by atoms with Crippen LogP contribution in [0.3, 0.4) is 0 Å². The second-order valence-electron chi connectivity index (χ2n) is 6.25. The van der Waals surface area contributed by atoms with E-state index in [4.69, 9.17) is 0 Å². The molecular weight excluding hydrogens is 286 g/mol. The van der Waals surface area contributed by atoms with Crippen molar-refractivity contribution in [3.8, 4) is 0 Å². The maximum absolute atomic E-state index is 12.2. The van der Waals surface area contributed by atoms with Crippen molar-refractivity contribution in [2.24, 2.45) is 0 Å². The zero-order valence-corrected chi connectivity index (χ0v) is 13.6. The zero-order valence-electron chi connectivity index (χ0n) is 13.6. The summed E-state index contributed by atoms with van der Waals surface area (Å²) in [7, 11) is 0. The number of fused-ring (bicyclic) bond motifs is 1. The minimum atomic E-state index is -0.0772. The number of hydrogen-bond acceptors (Lipinski definition) is 3. The predicted octanol–water partition coefficient (Wildman–Crippen LogP) is 3.23. The number of carbonyl (C=O) groups is 1. The predicted molar refractivity (Wildman–Crippen MR) is 93.6 cm³/mol. The van der Waals surface area contributed by atoms with Crippen molar-refractivity contribution in [1.82, 2.24) is 15.2 Å². The van der Waals surface area contributed by atoms with Crippen molar-refractivity contribution >= 4 is 16.8 Å². The van der Waals surface area contributed by atoms with Crippen LogP contribution in [0.25, 0.3) is 10.9 Å². The number of likely N-dealkylation sites (tertiary alicyclic amines) is 1. The first kappa shape index (κ1) is 15.9. The van der Waals surface area contributed by atoms with E-state index in [2.05, 4.69) is 15.2 Å². The number of hydrogen-bond donors (Lipinski definition) is 1. The van der Waals surface area contributed by atoms with Gasteiger partial charge < -0.3 is 10.2 Å². The van der Waals surface area contributed by atoms with Crippen LogP contribution in [-0.4, -0.2) is 42.0 Å². The Morgan fingerprint density at radius 1 is 1.04 bits per heavy atom. The van der Waals surface area contributed by atoms with Crippen molar-refractivity contribution in [1.29, 1.82) is 0 Å². The first-order valence-corrected chi connectivity index (χ1v) is 8.69. The van der Waals surface area contributed by atoms with Crippen LogP contribution in [0.1, 0.15) is 42.6 Å². The molecule has 0 saturated carbocycles. The summed E-state index contributed by atoms with van der Waals surface area (Å²) in [5, 5.41) is 4.05. The van der Waals surface area contributed by atoms with Crippen molar-refractivity contribution < 1.29 is 4.79 Å². The topological polar surface area (TPSA) is 45.2 Å². The third-order valence-corrected chi connectivity index (χ3v) is 4.47. The maximum Gasteiger partial charge on any atom is 0.269 e. The van der Waals surface area contributed by atoms with Gasteiger partial charge in [0.15, 0.2) is 0 Å². The largest absolute Gasteiger partial charge is 0.351 e. The van der Waals surface area contributed by atoms with Crippen LogP contribution >= 0.6 is 0 Å². The van der Waals surface area contributed by atoms with Gasteiger partial charge in [-0.05, 0) is 51.0 Å². The van der Waals surface area contributed by atoms with Gasteiger partial charge in [0.2, 0.25) is 0 Å². The fourth-order valence-electron chi connectivity index (χ4n) is 3.15. The van der Waals surface area contributed by atoms with Crippen LogP contribution in [-0.2, 0) is 0 Å². The molecule has 0 unspecified atom stereocenters. The molecular formula is C19H25N3O. The van der Waals surface area contributed by atoms with E-state index in [1.54, 1.807) is 6.07 Å². The molecule has 2 heterocycles. The first-order chi connectivity index (χ1) is 11.3. The van der Waals surface area contributed by atoms with E-state index in [-0.39, 0.29) is 5.91 Å². The lowest BCUT2D eigenvalue weighted by Gasteiger charge is -2.19. The molecule has 2 aromatic rings. The summed E-state index contributed by atoms with van der Waals surface area (Å²) in [5.74, 6) is -0.0772. The number of aromatic nitrogens is 1. The number of para-hydroxylation sites is 1. The molecule has 0 radical (unpaired) electrons. The number of pyridine rings is 1. The van der Waals surface area contributed by atoms with Crippen molar-refractivity contribution in [2.45, 2.75) is 32.1 Å². The van der Waals surface area contributed by atoms with Gasteiger partial charge in [-0.3, -0.25) is 4.79 Å². The van der Waals surface area contributed by atoms with Crippen LogP contribution in [0.4, 0.5) is 0 Å². The summed E-state index contributed by atoms with van der Waals surface area (Å²) < 4.78 is 0. The highest BCUT2D eigenvalue weighted by Crippen LogP contribution is 2.12. The Labute approximate surface area is 137 Å². The summed E-state index contributed by atoms with van der Waals surface area (Å²) in [4.78, 5) is 19.2. The van der Waals surface area contributed by atoms with Crippen LogP contribution < -0.4 is 5.32 Å². The van der Waals surface area contributed by atoms with Gasteiger partial charge in [0.25, 0.3) is 5.91 Å². The molecule has 3 rings (SSSR count). The first-order valence-electron chi connectivity index (χ1n) is 8.69. The number of nitrogens with one attached hydrogen (secondary N) is 1. The minimum Gasteiger partial charge on any atom is -0.351 e. The third kappa shape index (κ3) is 4.52. The Hall–Kier alpha value is -1.94. The van der Waals surface area contributed by atoms with Crippen LogP contribution in [0, 0.1) is 0 Å². The highest BCUT2D eigenvalue weighted by molar-refractivity contribution is 5.94. The van der Waals surface area contributed by atoms with E-state index in [1.807, 2.05) is 30.3 Å². The lowest BCUT2D eigenvalue weighted by atomic mass is 10.2. The maximum atomic E-state index is 12.2. The molecule has 0 spiro atoms. The molecule has 1 amide bonds. The number of amides is 1. The normalized spacial score (nSPS) is 16.2. The highest BCUT2D eigenvalue weighted by Gasteiger charge is 2.10. The molecule has 1 aliphatic heterocycles. The van der Waals surface area contributed by atoms with Gasteiger partial charge in [-0.1, -0.05) is 37.1 Å². The monoisotopic (exact) mass is 311 g/mol. The van der Waals surface area contributed by atoms with Crippen molar-refractivity contribution in [3.05, 3.63) is 42.1 Å². The summed E-state index contributed by atoms with van der Waals surface area (Å²) in [6.07, 6.45) is 6.35. The van der Waals surface area contributed by atoms with Gasteiger partial charge >= 0.3 is 0 Å². The highest BCUT2D eigenvalue weighted by atomic mass is 16.1. The molecule has 1 aromatic heterocycles. The third-order valence-electron chi connectivity index (χ3n) is 4.47. The van der Waals surface area contributed by atoms with Crippen LogP contribution in [0.15, 0.2) is 36.4 Å². The average molecular weight is 311 g/mol. The van der Waals surface area contributed by atoms with Gasteiger partial charge in [0.05, 0.1) is 5.52 Å². The van der Waals surface area contributed by atoms with E-state index in [0.29, 0.717) is 12.2 Å². The molecule has 0 atom stereocenters. The number of carbonyl (C=O) groups excluding carboxylic acids is 1. The number of benzene rings is 1. The molecule has 4 nitrogen and oxygen atoms in total. The lowest BCUT2D eigenvalue weighted by Crippen LogP contribution is -2.31. The molecule has 1 aromatic carbocycles. The Bertz CT molecular complexity index is 648. The molecule has 23 heavy (non-hydrogen) atoms. The SMILES string of the molecule is O=C(NCCCN1CCCCCC1)c1ccc2ccccc2n1. The molecule has 1 N–H and O–H groups in total.